The second-order valence-electron chi connectivity index (χ2n) is 4.26. The van der Waals surface area contributed by atoms with Crippen LogP contribution in [0.25, 0.3) is 0 Å². The number of likely N-dealkylation sites (N-methyl/N-ethyl adjacent to an activating group) is 1. The molecule has 0 amide bonds. The first-order valence-corrected chi connectivity index (χ1v) is 5.35. The Balaban J connectivity index is 2.58. The van der Waals surface area contributed by atoms with Crippen LogP contribution in [-0.4, -0.2) is 34.7 Å². The molecule has 15 heavy (non-hydrogen) atoms. The van der Waals surface area contributed by atoms with Gasteiger partial charge in [0, 0.05) is 25.0 Å². The van der Waals surface area contributed by atoms with E-state index in [1.165, 1.54) is 5.56 Å². The second-order valence-corrected chi connectivity index (χ2v) is 4.26. The molecule has 0 aromatic carbocycles. The van der Waals surface area contributed by atoms with Crippen molar-refractivity contribution in [3.63, 3.8) is 0 Å². The zero-order valence-electron chi connectivity index (χ0n) is 9.72. The molecule has 84 valence electrons. The van der Waals surface area contributed by atoms with Crippen molar-refractivity contribution in [2.75, 3.05) is 13.7 Å². The lowest BCUT2D eigenvalue weighted by Gasteiger charge is -2.29. The molecule has 1 unspecified atom stereocenters. The molecule has 0 aliphatic heterocycles. The summed E-state index contributed by atoms with van der Waals surface area (Å²) in [6.45, 7) is 5.32. The molecule has 0 radical (unpaired) electrons. The minimum Gasteiger partial charge on any atom is -0.395 e. The Labute approximate surface area is 91.8 Å². The van der Waals surface area contributed by atoms with Gasteiger partial charge in [-0.3, -0.25) is 9.88 Å². The van der Waals surface area contributed by atoms with E-state index in [9.17, 15) is 5.11 Å². The van der Waals surface area contributed by atoms with E-state index in [4.69, 9.17) is 0 Å². The van der Waals surface area contributed by atoms with Crippen molar-refractivity contribution in [3.05, 3.63) is 30.1 Å². The molecule has 1 rings (SSSR count). The van der Waals surface area contributed by atoms with Crippen LogP contribution < -0.4 is 0 Å². The molecular formula is C12H20N2O. The van der Waals surface area contributed by atoms with Crippen molar-refractivity contribution in [2.45, 2.75) is 26.4 Å². The molecule has 1 atom stereocenters. The van der Waals surface area contributed by atoms with Crippen LogP contribution in [0.15, 0.2) is 24.5 Å². The van der Waals surface area contributed by atoms with Gasteiger partial charge in [-0.15, -0.1) is 0 Å². The number of hydrogen-bond acceptors (Lipinski definition) is 3. The van der Waals surface area contributed by atoms with Gasteiger partial charge in [0.1, 0.15) is 0 Å². The molecule has 3 heteroatoms. The van der Waals surface area contributed by atoms with Crippen molar-refractivity contribution in [1.82, 2.24) is 9.88 Å². The quantitative estimate of drug-likeness (QED) is 0.797. The van der Waals surface area contributed by atoms with E-state index in [2.05, 4.69) is 23.7 Å². The Morgan fingerprint density at radius 3 is 2.40 bits per heavy atom. The van der Waals surface area contributed by atoms with E-state index in [1.807, 2.05) is 19.2 Å². The average molecular weight is 208 g/mol. The summed E-state index contributed by atoms with van der Waals surface area (Å²) in [5.74, 6) is 0.460. The lowest BCUT2D eigenvalue weighted by molar-refractivity contribution is 0.108. The minimum absolute atomic E-state index is 0.208. The maximum absolute atomic E-state index is 9.29. The highest BCUT2D eigenvalue weighted by molar-refractivity contribution is 5.09. The van der Waals surface area contributed by atoms with Crippen LogP contribution in [0.2, 0.25) is 0 Å². The summed E-state index contributed by atoms with van der Waals surface area (Å²) < 4.78 is 0. The Hall–Kier alpha value is -0.930. The standard InChI is InChI=1S/C12H20N2O/c1-10(2)12(9-15)14(3)8-11-4-6-13-7-5-11/h4-7,10,12,15H,8-9H2,1-3H3. The number of aliphatic hydroxyl groups excluding tert-OH is 1. The Bertz CT molecular complexity index is 274. The summed E-state index contributed by atoms with van der Waals surface area (Å²) in [5.41, 5.74) is 1.23. The SMILES string of the molecule is CC(C)C(CO)N(C)Cc1ccncc1. The lowest BCUT2D eigenvalue weighted by Crippen LogP contribution is -2.38. The van der Waals surface area contributed by atoms with Crippen molar-refractivity contribution in [3.8, 4) is 0 Å². The third-order valence-electron chi connectivity index (χ3n) is 2.70. The van der Waals surface area contributed by atoms with Gasteiger partial charge in [0.25, 0.3) is 0 Å². The zero-order chi connectivity index (χ0) is 11.3. The molecule has 1 aromatic rings. The average Bonchev–Trinajstić information content (AvgIpc) is 2.19. The number of pyridine rings is 1. The van der Waals surface area contributed by atoms with Crippen molar-refractivity contribution >= 4 is 0 Å². The summed E-state index contributed by atoms with van der Waals surface area (Å²) in [7, 11) is 2.04. The van der Waals surface area contributed by atoms with Gasteiger partial charge in [-0.05, 0) is 30.7 Å². The summed E-state index contributed by atoms with van der Waals surface area (Å²) in [5, 5.41) is 9.29. The van der Waals surface area contributed by atoms with Crippen LogP contribution >= 0.6 is 0 Å². The van der Waals surface area contributed by atoms with Gasteiger partial charge < -0.3 is 5.11 Å². The van der Waals surface area contributed by atoms with E-state index in [0.717, 1.165) is 6.54 Å². The fourth-order valence-corrected chi connectivity index (χ4v) is 1.75. The molecule has 0 fully saturated rings. The lowest BCUT2D eigenvalue weighted by atomic mass is 10.0. The first-order chi connectivity index (χ1) is 7.15. The molecule has 1 heterocycles. The van der Waals surface area contributed by atoms with Crippen LogP contribution in [0.3, 0.4) is 0 Å². The molecular weight excluding hydrogens is 188 g/mol. The third-order valence-corrected chi connectivity index (χ3v) is 2.70. The summed E-state index contributed by atoms with van der Waals surface area (Å²) in [4.78, 5) is 6.17. The third kappa shape index (κ3) is 3.61. The minimum atomic E-state index is 0.208. The molecule has 0 aliphatic carbocycles. The maximum Gasteiger partial charge on any atom is 0.0589 e. The monoisotopic (exact) mass is 208 g/mol. The molecule has 1 N–H and O–H groups in total. The van der Waals surface area contributed by atoms with Gasteiger partial charge in [-0.2, -0.15) is 0 Å². The predicted molar refractivity (Wildman–Crippen MR) is 61.4 cm³/mol. The highest BCUT2D eigenvalue weighted by atomic mass is 16.3. The summed E-state index contributed by atoms with van der Waals surface area (Å²) in [6.07, 6.45) is 3.60. The topological polar surface area (TPSA) is 36.4 Å². The normalized spacial score (nSPS) is 13.5. The smallest absolute Gasteiger partial charge is 0.0589 e. The Kier molecular flexibility index (Phi) is 4.72. The van der Waals surface area contributed by atoms with Gasteiger partial charge in [0.15, 0.2) is 0 Å². The van der Waals surface area contributed by atoms with Crippen LogP contribution in [0.4, 0.5) is 0 Å². The largest absolute Gasteiger partial charge is 0.395 e. The Morgan fingerprint density at radius 2 is 1.93 bits per heavy atom. The summed E-state index contributed by atoms with van der Waals surface area (Å²) in [6, 6.07) is 4.23. The van der Waals surface area contributed by atoms with Crippen LogP contribution in [0.1, 0.15) is 19.4 Å². The van der Waals surface area contributed by atoms with Crippen LogP contribution in [0.5, 0.6) is 0 Å². The fourth-order valence-electron chi connectivity index (χ4n) is 1.75. The first-order valence-electron chi connectivity index (χ1n) is 5.35. The van der Waals surface area contributed by atoms with Gasteiger partial charge in [0.2, 0.25) is 0 Å². The van der Waals surface area contributed by atoms with Crippen molar-refractivity contribution < 1.29 is 5.11 Å². The number of hydrogen-bond donors (Lipinski definition) is 1. The highest BCUT2D eigenvalue weighted by Crippen LogP contribution is 2.11. The molecule has 0 bridgehead atoms. The molecule has 1 aromatic heterocycles. The van der Waals surface area contributed by atoms with Gasteiger partial charge in [-0.25, -0.2) is 0 Å². The van der Waals surface area contributed by atoms with Crippen LogP contribution in [0, 0.1) is 5.92 Å². The van der Waals surface area contributed by atoms with Crippen LogP contribution in [-0.2, 0) is 6.54 Å². The fraction of sp³-hybridized carbons (Fsp3) is 0.583. The molecule has 0 aliphatic rings. The van der Waals surface area contributed by atoms with Crippen molar-refractivity contribution in [2.24, 2.45) is 5.92 Å². The van der Waals surface area contributed by atoms with Gasteiger partial charge in [0.05, 0.1) is 6.61 Å². The number of nitrogens with zero attached hydrogens (tertiary/aromatic N) is 2. The Morgan fingerprint density at radius 1 is 1.33 bits per heavy atom. The first kappa shape index (κ1) is 12.1. The van der Waals surface area contributed by atoms with E-state index in [0.29, 0.717) is 5.92 Å². The van der Waals surface area contributed by atoms with Crippen molar-refractivity contribution in [1.29, 1.82) is 0 Å². The second kappa shape index (κ2) is 5.83. The zero-order valence-corrected chi connectivity index (χ0v) is 9.72. The number of rotatable bonds is 5. The molecule has 0 spiro atoms. The van der Waals surface area contributed by atoms with E-state index < -0.39 is 0 Å². The van der Waals surface area contributed by atoms with E-state index in [1.54, 1.807) is 12.4 Å². The highest BCUT2D eigenvalue weighted by Gasteiger charge is 2.17. The van der Waals surface area contributed by atoms with Gasteiger partial charge >= 0.3 is 0 Å². The molecule has 0 saturated carbocycles. The van der Waals surface area contributed by atoms with Gasteiger partial charge in [-0.1, -0.05) is 13.8 Å². The number of aromatic nitrogens is 1. The number of aliphatic hydroxyl groups is 1. The molecule has 3 nitrogen and oxygen atoms in total. The summed E-state index contributed by atoms with van der Waals surface area (Å²) >= 11 is 0. The van der Waals surface area contributed by atoms with E-state index in [-0.39, 0.29) is 12.6 Å². The predicted octanol–water partition coefficient (Wildman–Crippen LogP) is 1.53. The van der Waals surface area contributed by atoms with E-state index >= 15 is 0 Å². The maximum atomic E-state index is 9.29. The molecule has 0 saturated heterocycles.